The largest absolute Gasteiger partial charge is 0.494 e. The van der Waals surface area contributed by atoms with Crippen LogP contribution in [0.15, 0.2) is 53.4 Å². The number of esters is 1. The molecule has 2 aromatic rings. The summed E-state index contributed by atoms with van der Waals surface area (Å²) in [4.78, 5) is 28.8. The molecule has 12 heteroatoms. The van der Waals surface area contributed by atoms with Gasteiger partial charge in [0.25, 0.3) is 15.9 Å². The Hall–Kier alpha value is -3.11. The Morgan fingerprint density at radius 1 is 1.15 bits per heavy atom. The van der Waals surface area contributed by atoms with Crippen LogP contribution in [0.4, 0.5) is 0 Å². The summed E-state index contributed by atoms with van der Waals surface area (Å²) in [5.74, 6) is -0.412. The standard InChI is InChI=1S/C28H36N4O6S2/c1-28(2)19-39-25(30-28)26(33)32(40(35,36)23-13-9-21(18-29)10-14-23)24(27(34)37-5)17-20-7-11-22(12-8-20)38-16-6-15-31(3)4/h7-14,24-25,30H,6,15-17,19H2,1-5H3/t24-,25-/m0/s1. The van der Waals surface area contributed by atoms with E-state index in [1.807, 2.05) is 34.0 Å². The number of hydrogen-bond acceptors (Lipinski definition) is 10. The highest BCUT2D eigenvalue weighted by Gasteiger charge is 2.46. The molecule has 0 aliphatic carbocycles. The van der Waals surface area contributed by atoms with Gasteiger partial charge in [0.2, 0.25) is 0 Å². The number of ether oxygens (including phenoxy) is 2. The number of amides is 1. The van der Waals surface area contributed by atoms with Crippen molar-refractivity contribution in [3.8, 4) is 11.8 Å². The first kappa shape index (κ1) is 31.4. The van der Waals surface area contributed by atoms with E-state index in [0.29, 0.717) is 28.0 Å². The van der Waals surface area contributed by atoms with E-state index in [9.17, 15) is 18.0 Å². The molecule has 10 nitrogen and oxygen atoms in total. The lowest BCUT2D eigenvalue weighted by atomic mass is 10.1. The molecule has 0 radical (unpaired) electrons. The summed E-state index contributed by atoms with van der Waals surface area (Å²) in [6.45, 7) is 5.25. The van der Waals surface area contributed by atoms with E-state index < -0.39 is 38.9 Å². The summed E-state index contributed by atoms with van der Waals surface area (Å²) in [6.07, 6.45) is 0.753. The van der Waals surface area contributed by atoms with Crippen LogP contribution in [-0.2, 0) is 30.8 Å². The van der Waals surface area contributed by atoms with Gasteiger partial charge in [-0.3, -0.25) is 10.1 Å². The molecular formula is C28H36N4O6S2. The van der Waals surface area contributed by atoms with Gasteiger partial charge in [0.1, 0.15) is 17.2 Å². The van der Waals surface area contributed by atoms with Gasteiger partial charge in [0.15, 0.2) is 0 Å². The topological polar surface area (TPSA) is 129 Å². The lowest BCUT2D eigenvalue weighted by molar-refractivity contribution is -0.149. The van der Waals surface area contributed by atoms with Gasteiger partial charge in [0.05, 0.1) is 30.2 Å². The summed E-state index contributed by atoms with van der Waals surface area (Å²) in [5.41, 5.74) is 0.481. The molecule has 0 aromatic heterocycles. The molecule has 216 valence electrons. The number of carbonyl (C=O) groups is 2. The quantitative estimate of drug-likeness (QED) is 0.292. The fraction of sp³-hybridized carbons (Fsp3) is 0.464. The van der Waals surface area contributed by atoms with Crippen LogP contribution in [0.5, 0.6) is 5.75 Å². The van der Waals surface area contributed by atoms with E-state index in [1.165, 1.54) is 36.0 Å². The predicted molar refractivity (Wildman–Crippen MR) is 153 cm³/mol. The molecule has 1 amide bonds. The molecule has 40 heavy (non-hydrogen) atoms. The van der Waals surface area contributed by atoms with Crippen molar-refractivity contribution in [2.45, 2.75) is 48.5 Å². The molecule has 0 bridgehead atoms. The summed E-state index contributed by atoms with van der Waals surface area (Å²) in [6, 6.07) is 12.7. The average Bonchev–Trinajstić information content (AvgIpc) is 3.30. The van der Waals surface area contributed by atoms with Gasteiger partial charge in [-0.15, -0.1) is 11.8 Å². The van der Waals surface area contributed by atoms with Gasteiger partial charge in [0, 0.05) is 24.3 Å². The second kappa shape index (κ2) is 13.5. The molecule has 3 rings (SSSR count). The van der Waals surface area contributed by atoms with Crippen molar-refractivity contribution in [2.75, 3.05) is 40.1 Å². The van der Waals surface area contributed by atoms with Crippen molar-refractivity contribution in [2.24, 2.45) is 0 Å². The van der Waals surface area contributed by atoms with Gasteiger partial charge in [-0.25, -0.2) is 17.5 Å². The third-order valence-electron chi connectivity index (χ3n) is 6.24. The van der Waals surface area contributed by atoms with E-state index in [1.54, 1.807) is 24.3 Å². The molecule has 1 aliphatic rings. The van der Waals surface area contributed by atoms with Crippen LogP contribution in [0.2, 0.25) is 0 Å². The number of sulfonamides is 1. The van der Waals surface area contributed by atoms with Crippen LogP contribution >= 0.6 is 11.8 Å². The van der Waals surface area contributed by atoms with Gasteiger partial charge in [-0.2, -0.15) is 5.26 Å². The van der Waals surface area contributed by atoms with Crippen LogP contribution in [-0.4, -0.2) is 86.6 Å². The van der Waals surface area contributed by atoms with E-state index in [2.05, 4.69) is 10.2 Å². The second-order valence-corrected chi connectivity index (χ2v) is 13.3. The molecule has 1 heterocycles. The Morgan fingerprint density at radius 2 is 1.80 bits per heavy atom. The zero-order chi connectivity index (χ0) is 29.5. The van der Waals surface area contributed by atoms with Crippen LogP contribution in [0.1, 0.15) is 31.4 Å². The van der Waals surface area contributed by atoms with Crippen LogP contribution in [0, 0.1) is 11.3 Å². The first-order valence-electron chi connectivity index (χ1n) is 12.8. The Morgan fingerprint density at radius 3 is 2.33 bits per heavy atom. The third-order valence-corrected chi connectivity index (χ3v) is 9.60. The fourth-order valence-electron chi connectivity index (χ4n) is 4.15. The third kappa shape index (κ3) is 7.97. The van der Waals surface area contributed by atoms with E-state index >= 15 is 0 Å². The van der Waals surface area contributed by atoms with E-state index in [-0.39, 0.29) is 16.9 Å². The van der Waals surface area contributed by atoms with Crippen molar-refractivity contribution in [3.63, 3.8) is 0 Å². The first-order valence-corrected chi connectivity index (χ1v) is 15.3. The van der Waals surface area contributed by atoms with Crippen LogP contribution in [0.25, 0.3) is 0 Å². The van der Waals surface area contributed by atoms with Crippen molar-refractivity contribution >= 4 is 33.7 Å². The molecule has 0 spiro atoms. The smallest absolute Gasteiger partial charge is 0.330 e. The number of nitriles is 1. The highest BCUT2D eigenvalue weighted by atomic mass is 32.2. The number of carbonyl (C=O) groups excluding carboxylic acids is 2. The fourth-order valence-corrected chi connectivity index (χ4v) is 7.08. The van der Waals surface area contributed by atoms with E-state index in [4.69, 9.17) is 14.7 Å². The maximum Gasteiger partial charge on any atom is 0.330 e. The van der Waals surface area contributed by atoms with Crippen molar-refractivity contribution < 1.29 is 27.5 Å². The van der Waals surface area contributed by atoms with Crippen LogP contribution < -0.4 is 10.1 Å². The molecule has 1 N–H and O–H groups in total. The predicted octanol–water partition coefficient (Wildman–Crippen LogP) is 2.63. The van der Waals surface area contributed by atoms with Crippen molar-refractivity contribution in [3.05, 3.63) is 59.7 Å². The second-order valence-electron chi connectivity index (χ2n) is 10.4. The molecule has 1 aliphatic heterocycles. The first-order chi connectivity index (χ1) is 18.9. The Bertz CT molecular complexity index is 1320. The number of methoxy groups -OCH3 is 1. The summed E-state index contributed by atoms with van der Waals surface area (Å²) in [5, 5.41) is 11.4. The molecular weight excluding hydrogens is 552 g/mol. The lowest BCUT2D eigenvalue weighted by Gasteiger charge is -2.31. The lowest BCUT2D eigenvalue weighted by Crippen LogP contribution is -2.55. The number of thioether (sulfide) groups is 1. The van der Waals surface area contributed by atoms with Gasteiger partial charge >= 0.3 is 5.97 Å². The minimum atomic E-state index is -4.51. The Balaban J connectivity index is 1.95. The highest BCUT2D eigenvalue weighted by molar-refractivity contribution is 8.01. The summed E-state index contributed by atoms with van der Waals surface area (Å²) >= 11 is 1.28. The SMILES string of the molecule is COC(=O)[C@H](Cc1ccc(OCCCN(C)C)cc1)N(C(=O)[C@H]1NC(C)(C)CS1)S(=O)(=O)c1ccc(C#N)cc1. The maximum atomic E-state index is 13.9. The van der Waals surface area contributed by atoms with Crippen molar-refractivity contribution in [1.82, 2.24) is 14.5 Å². The van der Waals surface area contributed by atoms with Gasteiger partial charge in [-0.1, -0.05) is 12.1 Å². The number of hydrogen-bond donors (Lipinski definition) is 1. The summed E-state index contributed by atoms with van der Waals surface area (Å²) in [7, 11) is 0.623. The van der Waals surface area contributed by atoms with Crippen molar-refractivity contribution in [1.29, 1.82) is 5.26 Å². The molecule has 1 saturated heterocycles. The molecule has 0 saturated carbocycles. The zero-order valence-corrected chi connectivity index (χ0v) is 25.0. The van der Waals surface area contributed by atoms with Gasteiger partial charge in [-0.05, 0) is 76.3 Å². The minimum absolute atomic E-state index is 0.102. The molecule has 2 aromatic carbocycles. The zero-order valence-electron chi connectivity index (χ0n) is 23.4. The van der Waals surface area contributed by atoms with Gasteiger partial charge < -0.3 is 14.4 Å². The summed E-state index contributed by atoms with van der Waals surface area (Å²) < 4.78 is 39.3. The average molecular weight is 589 g/mol. The monoisotopic (exact) mass is 588 g/mol. The number of rotatable bonds is 12. The highest BCUT2D eigenvalue weighted by Crippen LogP contribution is 2.31. The number of nitrogens with zero attached hydrogens (tertiary/aromatic N) is 3. The number of benzene rings is 2. The molecule has 0 unspecified atom stereocenters. The Labute approximate surface area is 240 Å². The minimum Gasteiger partial charge on any atom is -0.494 e. The van der Waals surface area contributed by atoms with E-state index in [0.717, 1.165) is 20.1 Å². The molecule has 1 fully saturated rings. The number of nitrogens with one attached hydrogen (secondary N) is 1. The Kier molecular flexibility index (Phi) is 10.6. The normalized spacial score (nSPS) is 17.2. The van der Waals surface area contributed by atoms with Crippen LogP contribution in [0.3, 0.4) is 0 Å². The molecule has 2 atom stereocenters. The maximum absolute atomic E-state index is 13.9.